The monoisotopic (exact) mass is 195 g/mol. The second-order valence-electron chi connectivity index (χ2n) is 5.60. The highest BCUT2D eigenvalue weighted by molar-refractivity contribution is 5.05. The van der Waals surface area contributed by atoms with Crippen LogP contribution < -0.4 is 5.32 Å². The average molecular weight is 195 g/mol. The van der Waals surface area contributed by atoms with Gasteiger partial charge in [0.2, 0.25) is 0 Å². The summed E-state index contributed by atoms with van der Waals surface area (Å²) >= 11 is 0. The molecule has 0 aromatic rings. The summed E-state index contributed by atoms with van der Waals surface area (Å²) in [6, 6.07) is 0. The zero-order chi connectivity index (χ0) is 9.65. The molecule has 14 heavy (non-hydrogen) atoms. The van der Waals surface area contributed by atoms with E-state index in [0.29, 0.717) is 0 Å². The van der Waals surface area contributed by atoms with E-state index in [1.807, 2.05) is 0 Å². The van der Waals surface area contributed by atoms with Crippen LogP contribution in [0.3, 0.4) is 0 Å². The van der Waals surface area contributed by atoms with E-state index in [2.05, 4.69) is 12.2 Å². The maximum atomic E-state index is 6.51. The van der Waals surface area contributed by atoms with E-state index in [-0.39, 0.29) is 11.2 Å². The van der Waals surface area contributed by atoms with Crippen LogP contribution in [-0.4, -0.2) is 24.3 Å². The zero-order valence-electron chi connectivity index (χ0n) is 9.14. The van der Waals surface area contributed by atoms with Crippen molar-refractivity contribution in [3.63, 3.8) is 0 Å². The van der Waals surface area contributed by atoms with Crippen molar-refractivity contribution in [1.82, 2.24) is 5.32 Å². The van der Waals surface area contributed by atoms with Crippen molar-refractivity contribution in [3.05, 3.63) is 0 Å². The molecule has 2 heteroatoms. The zero-order valence-corrected chi connectivity index (χ0v) is 9.14. The van der Waals surface area contributed by atoms with E-state index >= 15 is 0 Å². The highest BCUT2D eigenvalue weighted by Gasteiger charge is 2.53. The Hall–Kier alpha value is -0.0800. The molecule has 1 heterocycles. The second-order valence-corrected chi connectivity index (χ2v) is 5.60. The van der Waals surface area contributed by atoms with Crippen LogP contribution in [0.5, 0.6) is 0 Å². The Labute approximate surface area is 86.4 Å². The molecule has 2 unspecified atom stereocenters. The maximum Gasteiger partial charge on any atom is 0.0839 e. The lowest BCUT2D eigenvalue weighted by Crippen LogP contribution is -2.65. The molecule has 0 aromatic carbocycles. The summed E-state index contributed by atoms with van der Waals surface area (Å²) in [5.41, 5.74) is 0.454. The Morgan fingerprint density at radius 3 is 2.50 bits per heavy atom. The Morgan fingerprint density at radius 2 is 1.93 bits per heavy atom. The number of morpholine rings is 1. The standard InChI is InChI=1S/C12H21NO/c1-10-4-7-12(10)9-13-8-11(14-12)5-2-3-6-11/h10,13H,2-9H2,1H3. The van der Waals surface area contributed by atoms with Crippen molar-refractivity contribution in [3.8, 4) is 0 Å². The number of rotatable bonds is 0. The fraction of sp³-hybridized carbons (Fsp3) is 1.00. The third-order valence-corrected chi connectivity index (χ3v) is 4.70. The van der Waals surface area contributed by atoms with Crippen molar-refractivity contribution in [1.29, 1.82) is 0 Å². The van der Waals surface area contributed by atoms with Crippen molar-refractivity contribution in [2.24, 2.45) is 5.92 Å². The van der Waals surface area contributed by atoms with Crippen LogP contribution in [0.15, 0.2) is 0 Å². The van der Waals surface area contributed by atoms with Gasteiger partial charge in [-0.25, -0.2) is 0 Å². The van der Waals surface area contributed by atoms with Crippen molar-refractivity contribution in [2.45, 2.75) is 56.7 Å². The normalized spacial score (nSPS) is 45.6. The van der Waals surface area contributed by atoms with Gasteiger partial charge in [0.1, 0.15) is 0 Å². The summed E-state index contributed by atoms with van der Waals surface area (Å²) in [4.78, 5) is 0. The van der Waals surface area contributed by atoms with Crippen LogP contribution in [0.4, 0.5) is 0 Å². The van der Waals surface area contributed by atoms with Crippen LogP contribution >= 0.6 is 0 Å². The highest BCUT2D eigenvalue weighted by Crippen LogP contribution is 2.48. The predicted molar refractivity (Wildman–Crippen MR) is 56.3 cm³/mol. The first-order valence-electron chi connectivity index (χ1n) is 6.16. The van der Waals surface area contributed by atoms with Gasteiger partial charge in [0.05, 0.1) is 11.2 Å². The minimum atomic E-state index is 0.225. The molecule has 0 amide bonds. The maximum absolute atomic E-state index is 6.51. The molecule has 2 nitrogen and oxygen atoms in total. The Kier molecular flexibility index (Phi) is 1.94. The molecular weight excluding hydrogens is 174 g/mol. The third-order valence-electron chi connectivity index (χ3n) is 4.70. The van der Waals surface area contributed by atoms with Crippen molar-refractivity contribution in [2.75, 3.05) is 13.1 Å². The molecule has 80 valence electrons. The van der Waals surface area contributed by atoms with Crippen molar-refractivity contribution >= 4 is 0 Å². The molecule has 3 rings (SSSR count). The molecule has 0 radical (unpaired) electrons. The van der Waals surface area contributed by atoms with Gasteiger partial charge in [-0.05, 0) is 31.6 Å². The van der Waals surface area contributed by atoms with Crippen LogP contribution in [0.2, 0.25) is 0 Å². The largest absolute Gasteiger partial charge is 0.366 e. The van der Waals surface area contributed by atoms with Crippen LogP contribution in [0, 0.1) is 5.92 Å². The first-order chi connectivity index (χ1) is 6.75. The summed E-state index contributed by atoms with van der Waals surface area (Å²) in [7, 11) is 0. The quantitative estimate of drug-likeness (QED) is 0.639. The molecule has 1 N–H and O–H groups in total. The van der Waals surface area contributed by atoms with Gasteiger partial charge in [-0.1, -0.05) is 19.8 Å². The lowest BCUT2D eigenvalue weighted by Gasteiger charge is -2.56. The van der Waals surface area contributed by atoms with E-state index in [9.17, 15) is 0 Å². The molecule has 2 aliphatic carbocycles. The minimum absolute atomic E-state index is 0.225. The first kappa shape index (κ1) is 9.17. The van der Waals surface area contributed by atoms with Gasteiger partial charge in [0, 0.05) is 13.1 Å². The van der Waals surface area contributed by atoms with E-state index in [1.54, 1.807) is 0 Å². The minimum Gasteiger partial charge on any atom is -0.366 e. The topological polar surface area (TPSA) is 21.3 Å². The van der Waals surface area contributed by atoms with E-state index in [0.717, 1.165) is 19.0 Å². The van der Waals surface area contributed by atoms with Crippen LogP contribution in [-0.2, 0) is 4.74 Å². The van der Waals surface area contributed by atoms with E-state index < -0.39 is 0 Å². The SMILES string of the molecule is CC1CCC12CNCC1(CCCC1)O2. The van der Waals surface area contributed by atoms with Gasteiger partial charge in [0.15, 0.2) is 0 Å². The predicted octanol–water partition coefficient (Wildman–Crippen LogP) is 2.09. The summed E-state index contributed by atoms with van der Waals surface area (Å²) in [5, 5.41) is 3.62. The Morgan fingerprint density at radius 1 is 1.14 bits per heavy atom. The number of hydrogen-bond acceptors (Lipinski definition) is 2. The van der Waals surface area contributed by atoms with E-state index in [4.69, 9.17) is 4.74 Å². The molecule has 2 saturated carbocycles. The van der Waals surface area contributed by atoms with E-state index in [1.165, 1.54) is 38.5 Å². The summed E-state index contributed by atoms with van der Waals surface area (Å²) in [6.07, 6.45) is 7.95. The van der Waals surface area contributed by atoms with Crippen LogP contribution in [0.1, 0.15) is 45.4 Å². The highest BCUT2D eigenvalue weighted by atomic mass is 16.5. The Balaban J connectivity index is 1.78. The Bertz CT molecular complexity index is 230. The van der Waals surface area contributed by atoms with Crippen LogP contribution in [0.25, 0.3) is 0 Å². The molecular formula is C12H21NO. The first-order valence-corrected chi connectivity index (χ1v) is 6.16. The van der Waals surface area contributed by atoms with Gasteiger partial charge in [-0.15, -0.1) is 0 Å². The lowest BCUT2D eigenvalue weighted by atomic mass is 9.68. The summed E-state index contributed by atoms with van der Waals surface area (Å²) in [5.74, 6) is 0.771. The fourth-order valence-electron chi connectivity index (χ4n) is 3.47. The lowest BCUT2D eigenvalue weighted by molar-refractivity contribution is -0.233. The molecule has 3 fully saturated rings. The molecule has 1 saturated heterocycles. The van der Waals surface area contributed by atoms with Gasteiger partial charge in [0.25, 0.3) is 0 Å². The second kappa shape index (κ2) is 2.96. The number of nitrogens with one attached hydrogen (secondary N) is 1. The summed E-state index contributed by atoms with van der Waals surface area (Å²) in [6.45, 7) is 4.54. The summed E-state index contributed by atoms with van der Waals surface area (Å²) < 4.78 is 6.51. The van der Waals surface area contributed by atoms with Gasteiger partial charge >= 0.3 is 0 Å². The fourth-order valence-corrected chi connectivity index (χ4v) is 3.47. The van der Waals surface area contributed by atoms with Gasteiger partial charge < -0.3 is 10.1 Å². The average Bonchev–Trinajstić information content (AvgIpc) is 2.64. The smallest absolute Gasteiger partial charge is 0.0839 e. The molecule has 0 aromatic heterocycles. The van der Waals surface area contributed by atoms with Gasteiger partial charge in [-0.2, -0.15) is 0 Å². The molecule has 0 bridgehead atoms. The van der Waals surface area contributed by atoms with Gasteiger partial charge in [-0.3, -0.25) is 0 Å². The number of hydrogen-bond donors (Lipinski definition) is 1. The number of ether oxygens (including phenoxy) is 1. The molecule has 2 spiro atoms. The third kappa shape index (κ3) is 1.17. The molecule has 2 atom stereocenters. The van der Waals surface area contributed by atoms with Crippen molar-refractivity contribution < 1.29 is 4.74 Å². The molecule has 3 aliphatic rings. The molecule has 1 aliphatic heterocycles.